The van der Waals surface area contributed by atoms with Crippen LogP contribution in [0.15, 0.2) is 0 Å². The van der Waals surface area contributed by atoms with E-state index >= 15 is 0 Å². The largest absolute Gasteiger partial charge is 0.394 e. The molecule has 0 radical (unpaired) electrons. The zero-order chi connectivity index (χ0) is 10.2. The molecule has 0 heterocycles. The van der Waals surface area contributed by atoms with E-state index in [-0.39, 0.29) is 12.1 Å². The van der Waals surface area contributed by atoms with E-state index < -0.39 is 0 Å². The van der Waals surface area contributed by atoms with Crippen molar-refractivity contribution in [2.45, 2.75) is 39.2 Å². The van der Waals surface area contributed by atoms with Crippen molar-refractivity contribution in [3.05, 3.63) is 0 Å². The van der Waals surface area contributed by atoms with Crippen LogP contribution in [0.4, 0.5) is 0 Å². The van der Waals surface area contributed by atoms with Crippen molar-refractivity contribution in [1.29, 1.82) is 0 Å². The molecule has 1 unspecified atom stereocenters. The standard InChI is InChI=1S/C10H23NOS/c1-4-6-11-10(3,8-12)9-13-7-5-2/h11-12H,4-9H2,1-3H3. The molecule has 0 aromatic rings. The summed E-state index contributed by atoms with van der Waals surface area (Å²) in [7, 11) is 0. The first kappa shape index (κ1) is 13.3. The second kappa shape index (κ2) is 7.65. The Balaban J connectivity index is 3.67. The molecule has 0 aliphatic heterocycles. The van der Waals surface area contributed by atoms with Crippen LogP contribution in [0.3, 0.4) is 0 Å². The van der Waals surface area contributed by atoms with Crippen molar-refractivity contribution in [1.82, 2.24) is 5.32 Å². The van der Waals surface area contributed by atoms with Gasteiger partial charge in [0.25, 0.3) is 0 Å². The number of nitrogens with one attached hydrogen (secondary N) is 1. The maximum atomic E-state index is 9.24. The van der Waals surface area contributed by atoms with Crippen LogP contribution in [-0.2, 0) is 0 Å². The second-order valence-electron chi connectivity index (χ2n) is 3.70. The maximum absolute atomic E-state index is 9.24. The Kier molecular flexibility index (Phi) is 7.81. The van der Waals surface area contributed by atoms with Crippen LogP contribution in [0.1, 0.15) is 33.6 Å². The maximum Gasteiger partial charge on any atom is 0.0618 e. The minimum Gasteiger partial charge on any atom is -0.394 e. The fourth-order valence-corrected chi connectivity index (χ4v) is 2.10. The number of rotatable bonds is 8. The average molecular weight is 205 g/mol. The Morgan fingerprint density at radius 2 is 2.00 bits per heavy atom. The van der Waals surface area contributed by atoms with Gasteiger partial charge in [-0.1, -0.05) is 13.8 Å². The van der Waals surface area contributed by atoms with E-state index in [1.807, 2.05) is 11.8 Å². The minimum atomic E-state index is -0.0875. The SMILES string of the molecule is CCCNC(C)(CO)CSCCC. The molecule has 1 atom stereocenters. The van der Waals surface area contributed by atoms with Crippen LogP contribution in [-0.4, -0.2) is 35.3 Å². The molecule has 0 bridgehead atoms. The van der Waals surface area contributed by atoms with Gasteiger partial charge in [-0.15, -0.1) is 0 Å². The van der Waals surface area contributed by atoms with Crippen molar-refractivity contribution in [3.63, 3.8) is 0 Å². The van der Waals surface area contributed by atoms with E-state index in [1.54, 1.807) is 0 Å². The third kappa shape index (κ3) is 6.36. The average Bonchev–Trinajstić information content (AvgIpc) is 2.15. The number of aliphatic hydroxyl groups is 1. The normalized spacial score (nSPS) is 15.7. The van der Waals surface area contributed by atoms with Gasteiger partial charge in [-0.3, -0.25) is 0 Å². The van der Waals surface area contributed by atoms with Crippen molar-refractivity contribution < 1.29 is 5.11 Å². The van der Waals surface area contributed by atoms with Gasteiger partial charge in [0.05, 0.1) is 6.61 Å². The lowest BCUT2D eigenvalue weighted by Gasteiger charge is -2.28. The molecule has 13 heavy (non-hydrogen) atoms. The quantitative estimate of drug-likeness (QED) is 0.593. The second-order valence-corrected chi connectivity index (χ2v) is 4.80. The summed E-state index contributed by atoms with van der Waals surface area (Å²) in [6.07, 6.45) is 2.33. The predicted molar refractivity (Wildman–Crippen MR) is 61.4 cm³/mol. The van der Waals surface area contributed by atoms with Gasteiger partial charge in [-0.05, 0) is 32.1 Å². The molecule has 2 N–H and O–H groups in total. The van der Waals surface area contributed by atoms with Crippen LogP contribution >= 0.6 is 11.8 Å². The summed E-state index contributed by atoms with van der Waals surface area (Å²) in [4.78, 5) is 0. The fraction of sp³-hybridized carbons (Fsp3) is 1.00. The lowest BCUT2D eigenvalue weighted by atomic mass is 10.1. The zero-order valence-corrected chi connectivity index (χ0v) is 9.91. The molecule has 0 fully saturated rings. The van der Waals surface area contributed by atoms with Gasteiger partial charge in [0.15, 0.2) is 0 Å². The number of hydrogen-bond acceptors (Lipinski definition) is 3. The molecule has 0 amide bonds. The van der Waals surface area contributed by atoms with Crippen LogP contribution in [0, 0.1) is 0 Å². The summed E-state index contributed by atoms with van der Waals surface area (Å²) in [5, 5.41) is 12.6. The molecular formula is C10H23NOS. The molecule has 0 aromatic heterocycles. The van der Waals surface area contributed by atoms with Crippen LogP contribution in [0.25, 0.3) is 0 Å². The van der Waals surface area contributed by atoms with Gasteiger partial charge >= 0.3 is 0 Å². The lowest BCUT2D eigenvalue weighted by Crippen LogP contribution is -2.48. The first-order valence-electron chi connectivity index (χ1n) is 5.12. The molecule has 0 saturated carbocycles. The highest BCUT2D eigenvalue weighted by atomic mass is 32.2. The third-order valence-corrected chi connectivity index (χ3v) is 3.46. The van der Waals surface area contributed by atoms with Gasteiger partial charge in [0, 0.05) is 11.3 Å². The van der Waals surface area contributed by atoms with E-state index in [4.69, 9.17) is 0 Å². The van der Waals surface area contributed by atoms with Crippen LogP contribution in [0.2, 0.25) is 0 Å². The van der Waals surface area contributed by atoms with E-state index in [1.165, 1.54) is 12.2 Å². The molecule has 0 aliphatic rings. The van der Waals surface area contributed by atoms with E-state index in [2.05, 4.69) is 26.1 Å². The lowest BCUT2D eigenvalue weighted by molar-refractivity contribution is 0.192. The minimum absolute atomic E-state index is 0.0875. The number of hydrogen-bond donors (Lipinski definition) is 2. The van der Waals surface area contributed by atoms with E-state index in [9.17, 15) is 5.11 Å². The van der Waals surface area contributed by atoms with Gasteiger partial charge in [0.2, 0.25) is 0 Å². The van der Waals surface area contributed by atoms with Gasteiger partial charge in [-0.25, -0.2) is 0 Å². The Hall–Kier alpha value is 0.270. The molecule has 0 saturated heterocycles. The highest BCUT2D eigenvalue weighted by molar-refractivity contribution is 7.99. The molecule has 80 valence electrons. The molecule has 3 heteroatoms. The summed E-state index contributed by atoms with van der Waals surface area (Å²) in [5.74, 6) is 2.18. The van der Waals surface area contributed by atoms with Crippen molar-refractivity contribution >= 4 is 11.8 Å². The summed E-state index contributed by atoms with van der Waals surface area (Å²) < 4.78 is 0. The number of aliphatic hydroxyl groups excluding tert-OH is 1. The molecule has 2 nitrogen and oxygen atoms in total. The van der Waals surface area contributed by atoms with Crippen molar-refractivity contribution in [2.75, 3.05) is 24.7 Å². The van der Waals surface area contributed by atoms with Crippen LogP contribution in [0.5, 0.6) is 0 Å². The monoisotopic (exact) mass is 205 g/mol. The highest BCUT2D eigenvalue weighted by Gasteiger charge is 2.21. The van der Waals surface area contributed by atoms with Gasteiger partial charge < -0.3 is 10.4 Å². The first-order chi connectivity index (χ1) is 6.18. The van der Waals surface area contributed by atoms with Crippen LogP contribution < -0.4 is 5.32 Å². The van der Waals surface area contributed by atoms with Gasteiger partial charge in [0.1, 0.15) is 0 Å². The van der Waals surface area contributed by atoms with Crippen molar-refractivity contribution in [3.8, 4) is 0 Å². The topological polar surface area (TPSA) is 32.3 Å². The fourth-order valence-electron chi connectivity index (χ4n) is 1.02. The molecule has 0 aromatic carbocycles. The predicted octanol–water partition coefficient (Wildman–Crippen LogP) is 1.88. The Morgan fingerprint density at radius 3 is 2.46 bits per heavy atom. The molecular weight excluding hydrogens is 182 g/mol. The Bertz CT molecular complexity index is 121. The summed E-state index contributed by atoms with van der Waals surface area (Å²) in [6.45, 7) is 7.63. The molecule has 0 aliphatic carbocycles. The molecule has 0 spiro atoms. The number of thioether (sulfide) groups is 1. The Labute approximate surface area is 86.5 Å². The summed E-state index contributed by atoms with van der Waals surface area (Å²) >= 11 is 1.91. The Morgan fingerprint density at radius 1 is 1.31 bits per heavy atom. The summed E-state index contributed by atoms with van der Waals surface area (Å²) in [5.41, 5.74) is -0.0875. The van der Waals surface area contributed by atoms with E-state index in [0.29, 0.717) is 0 Å². The third-order valence-electron chi connectivity index (χ3n) is 1.92. The highest BCUT2D eigenvalue weighted by Crippen LogP contribution is 2.13. The van der Waals surface area contributed by atoms with Crippen molar-refractivity contribution in [2.24, 2.45) is 0 Å². The molecule has 0 rings (SSSR count). The zero-order valence-electron chi connectivity index (χ0n) is 9.10. The first-order valence-corrected chi connectivity index (χ1v) is 6.27. The smallest absolute Gasteiger partial charge is 0.0618 e. The van der Waals surface area contributed by atoms with Gasteiger partial charge in [-0.2, -0.15) is 11.8 Å². The summed E-state index contributed by atoms with van der Waals surface area (Å²) in [6, 6.07) is 0. The van der Waals surface area contributed by atoms with E-state index in [0.717, 1.165) is 18.7 Å².